The molecule has 0 heterocycles. The quantitative estimate of drug-likeness (QED) is 0.889. The third kappa shape index (κ3) is 4.42. The normalized spacial score (nSPS) is 12.1. The molecule has 0 fully saturated rings. The SMILES string of the molecule is CCc1ccc(CN(C)CC(O)c2ccc(C#N)cc2)cc1. The molecule has 2 rings (SSSR count). The van der Waals surface area contributed by atoms with Crippen LogP contribution in [0.1, 0.15) is 35.3 Å². The third-order valence-corrected chi connectivity index (χ3v) is 3.79. The Morgan fingerprint density at radius 1 is 1.05 bits per heavy atom. The highest BCUT2D eigenvalue weighted by Gasteiger charge is 2.11. The zero-order valence-corrected chi connectivity index (χ0v) is 13.2. The van der Waals surface area contributed by atoms with E-state index in [4.69, 9.17) is 5.26 Å². The van der Waals surface area contributed by atoms with Crippen LogP contribution >= 0.6 is 0 Å². The number of likely N-dealkylation sites (N-methyl/N-ethyl adjacent to an activating group) is 1. The average molecular weight is 294 g/mol. The number of aliphatic hydroxyl groups is 1. The Balaban J connectivity index is 1.92. The average Bonchev–Trinajstić information content (AvgIpc) is 2.55. The van der Waals surface area contributed by atoms with Gasteiger partial charge in [0.2, 0.25) is 0 Å². The van der Waals surface area contributed by atoms with Gasteiger partial charge in [-0.3, -0.25) is 4.90 Å². The minimum Gasteiger partial charge on any atom is -0.387 e. The van der Waals surface area contributed by atoms with E-state index in [-0.39, 0.29) is 0 Å². The lowest BCUT2D eigenvalue weighted by atomic mass is 10.1. The van der Waals surface area contributed by atoms with Crippen molar-refractivity contribution in [1.82, 2.24) is 4.90 Å². The maximum Gasteiger partial charge on any atom is 0.0991 e. The summed E-state index contributed by atoms with van der Waals surface area (Å²) in [5.41, 5.74) is 4.03. The fourth-order valence-corrected chi connectivity index (χ4v) is 2.44. The first kappa shape index (κ1) is 16.2. The molecule has 0 radical (unpaired) electrons. The highest BCUT2D eigenvalue weighted by atomic mass is 16.3. The molecule has 0 saturated heterocycles. The van der Waals surface area contributed by atoms with Crippen LogP contribution in [0.3, 0.4) is 0 Å². The molecule has 1 N–H and O–H groups in total. The van der Waals surface area contributed by atoms with Gasteiger partial charge in [-0.1, -0.05) is 43.3 Å². The molecule has 2 aromatic rings. The van der Waals surface area contributed by atoms with E-state index in [2.05, 4.69) is 42.2 Å². The molecule has 2 aromatic carbocycles. The van der Waals surface area contributed by atoms with Gasteiger partial charge >= 0.3 is 0 Å². The van der Waals surface area contributed by atoms with Crippen LogP contribution in [0.4, 0.5) is 0 Å². The highest BCUT2D eigenvalue weighted by Crippen LogP contribution is 2.16. The van der Waals surface area contributed by atoms with Crippen molar-refractivity contribution in [3.8, 4) is 6.07 Å². The van der Waals surface area contributed by atoms with Crippen molar-refractivity contribution in [2.45, 2.75) is 26.0 Å². The molecular weight excluding hydrogens is 272 g/mol. The minimum absolute atomic E-state index is 0.548. The zero-order valence-electron chi connectivity index (χ0n) is 13.2. The molecule has 0 saturated carbocycles. The lowest BCUT2D eigenvalue weighted by Crippen LogP contribution is -2.24. The number of hydrogen-bond acceptors (Lipinski definition) is 3. The number of nitriles is 1. The standard InChI is InChI=1S/C19H22N2O/c1-3-15-4-6-17(7-5-15)13-21(2)14-19(22)18-10-8-16(12-20)9-11-18/h4-11,19,22H,3,13-14H2,1-2H3. The number of aliphatic hydroxyl groups excluding tert-OH is 1. The van der Waals surface area contributed by atoms with Crippen LogP contribution in [-0.4, -0.2) is 23.6 Å². The van der Waals surface area contributed by atoms with Gasteiger partial charge in [0.25, 0.3) is 0 Å². The van der Waals surface area contributed by atoms with Gasteiger partial charge in [0, 0.05) is 13.1 Å². The predicted octanol–water partition coefficient (Wildman–Crippen LogP) is 3.29. The fraction of sp³-hybridized carbons (Fsp3) is 0.316. The molecule has 3 nitrogen and oxygen atoms in total. The van der Waals surface area contributed by atoms with Gasteiger partial charge in [-0.2, -0.15) is 5.26 Å². The Hall–Kier alpha value is -2.15. The van der Waals surface area contributed by atoms with Crippen molar-refractivity contribution in [2.75, 3.05) is 13.6 Å². The summed E-state index contributed by atoms with van der Waals surface area (Å²) in [4.78, 5) is 2.10. The van der Waals surface area contributed by atoms with Gasteiger partial charge in [0.05, 0.1) is 17.7 Å². The van der Waals surface area contributed by atoms with Crippen LogP contribution in [0, 0.1) is 11.3 Å². The summed E-state index contributed by atoms with van der Waals surface area (Å²) in [7, 11) is 2.00. The molecule has 114 valence electrons. The van der Waals surface area contributed by atoms with Gasteiger partial charge in [-0.05, 0) is 42.3 Å². The van der Waals surface area contributed by atoms with Crippen LogP contribution in [0.2, 0.25) is 0 Å². The first-order chi connectivity index (χ1) is 10.6. The molecular formula is C19H22N2O. The molecule has 1 unspecified atom stereocenters. The molecule has 0 aliphatic rings. The second-order valence-corrected chi connectivity index (χ2v) is 5.62. The second-order valence-electron chi connectivity index (χ2n) is 5.62. The van der Waals surface area contributed by atoms with Crippen molar-refractivity contribution in [3.63, 3.8) is 0 Å². The molecule has 0 spiro atoms. The van der Waals surface area contributed by atoms with Crippen molar-refractivity contribution >= 4 is 0 Å². The number of rotatable bonds is 6. The summed E-state index contributed by atoms with van der Waals surface area (Å²) in [6, 6.07) is 17.8. The predicted molar refractivity (Wildman–Crippen MR) is 88.3 cm³/mol. The minimum atomic E-state index is -0.548. The Bertz CT molecular complexity index is 626. The van der Waals surface area contributed by atoms with E-state index in [1.54, 1.807) is 12.1 Å². The fourth-order valence-electron chi connectivity index (χ4n) is 2.44. The topological polar surface area (TPSA) is 47.3 Å². The van der Waals surface area contributed by atoms with Gasteiger partial charge in [-0.15, -0.1) is 0 Å². The molecule has 0 bridgehead atoms. The third-order valence-electron chi connectivity index (χ3n) is 3.79. The summed E-state index contributed by atoms with van der Waals surface area (Å²) in [6.07, 6.45) is 0.501. The lowest BCUT2D eigenvalue weighted by Gasteiger charge is -2.21. The van der Waals surface area contributed by atoms with Crippen molar-refractivity contribution in [1.29, 1.82) is 5.26 Å². The summed E-state index contributed by atoms with van der Waals surface area (Å²) < 4.78 is 0. The van der Waals surface area contributed by atoms with E-state index >= 15 is 0 Å². The van der Waals surface area contributed by atoms with Crippen LogP contribution in [0.25, 0.3) is 0 Å². The van der Waals surface area contributed by atoms with E-state index in [9.17, 15) is 5.11 Å². The van der Waals surface area contributed by atoms with E-state index in [0.29, 0.717) is 12.1 Å². The van der Waals surface area contributed by atoms with E-state index < -0.39 is 6.10 Å². The van der Waals surface area contributed by atoms with E-state index in [1.165, 1.54) is 11.1 Å². The summed E-state index contributed by atoms with van der Waals surface area (Å²) in [6.45, 7) is 3.51. The van der Waals surface area contributed by atoms with Crippen LogP contribution in [0.15, 0.2) is 48.5 Å². The zero-order chi connectivity index (χ0) is 15.9. The first-order valence-electron chi connectivity index (χ1n) is 7.57. The highest BCUT2D eigenvalue weighted by molar-refractivity contribution is 5.32. The molecule has 22 heavy (non-hydrogen) atoms. The van der Waals surface area contributed by atoms with Gasteiger partial charge in [-0.25, -0.2) is 0 Å². The van der Waals surface area contributed by atoms with E-state index in [0.717, 1.165) is 18.5 Å². The summed E-state index contributed by atoms with van der Waals surface area (Å²) in [5.74, 6) is 0. The maximum absolute atomic E-state index is 10.3. The van der Waals surface area contributed by atoms with Crippen LogP contribution in [-0.2, 0) is 13.0 Å². The van der Waals surface area contributed by atoms with Crippen molar-refractivity contribution in [3.05, 3.63) is 70.8 Å². The van der Waals surface area contributed by atoms with Crippen molar-refractivity contribution < 1.29 is 5.11 Å². The monoisotopic (exact) mass is 294 g/mol. The lowest BCUT2D eigenvalue weighted by molar-refractivity contribution is 0.124. The number of aryl methyl sites for hydroxylation is 1. The number of benzene rings is 2. The molecule has 0 aliphatic heterocycles. The van der Waals surface area contributed by atoms with Gasteiger partial charge < -0.3 is 5.11 Å². The molecule has 0 aliphatic carbocycles. The maximum atomic E-state index is 10.3. The number of hydrogen-bond donors (Lipinski definition) is 1. The second kappa shape index (κ2) is 7.74. The largest absolute Gasteiger partial charge is 0.387 e. The Morgan fingerprint density at radius 2 is 1.64 bits per heavy atom. The van der Waals surface area contributed by atoms with Crippen LogP contribution in [0.5, 0.6) is 0 Å². The Morgan fingerprint density at radius 3 is 2.18 bits per heavy atom. The van der Waals surface area contributed by atoms with Crippen molar-refractivity contribution in [2.24, 2.45) is 0 Å². The van der Waals surface area contributed by atoms with Gasteiger partial charge in [0.1, 0.15) is 0 Å². The Kier molecular flexibility index (Phi) is 5.71. The van der Waals surface area contributed by atoms with Crippen LogP contribution < -0.4 is 0 Å². The summed E-state index contributed by atoms with van der Waals surface area (Å²) in [5, 5.41) is 19.1. The first-order valence-corrected chi connectivity index (χ1v) is 7.57. The molecule has 1 atom stereocenters. The molecule has 0 amide bonds. The Labute approximate surface area is 132 Å². The number of nitrogens with zero attached hydrogens (tertiary/aromatic N) is 2. The van der Waals surface area contributed by atoms with Gasteiger partial charge in [0.15, 0.2) is 0 Å². The smallest absolute Gasteiger partial charge is 0.0991 e. The summed E-state index contributed by atoms with van der Waals surface area (Å²) >= 11 is 0. The molecule has 3 heteroatoms. The van der Waals surface area contributed by atoms with E-state index in [1.807, 2.05) is 19.2 Å². The molecule has 0 aromatic heterocycles.